The highest BCUT2D eigenvalue weighted by Gasteiger charge is 2.40. The molecule has 0 unspecified atom stereocenters. The van der Waals surface area contributed by atoms with E-state index in [1.54, 1.807) is 36.4 Å². The SMILES string of the molecule is C[C@@H]1[C@H](CN(C)CCc2ccccn2)O[C@H](c2cccc(N3C(=O)c4ccccc4C3=O)c2)O[C@@H]1c1ccc(CO)cc1. The van der Waals surface area contributed by atoms with Crippen LogP contribution >= 0.6 is 0 Å². The zero-order chi connectivity index (χ0) is 29.9. The number of fused-ring (bicyclic) bond motifs is 1. The maximum atomic E-state index is 13.2. The van der Waals surface area contributed by atoms with E-state index in [1.165, 1.54) is 4.90 Å². The summed E-state index contributed by atoms with van der Waals surface area (Å²) in [5.41, 5.74) is 4.87. The lowest BCUT2D eigenvalue weighted by Crippen LogP contribution is -2.44. The summed E-state index contributed by atoms with van der Waals surface area (Å²) in [5, 5.41) is 9.55. The number of imide groups is 1. The molecule has 2 aliphatic rings. The highest BCUT2D eigenvalue weighted by molar-refractivity contribution is 6.34. The van der Waals surface area contributed by atoms with Gasteiger partial charge < -0.3 is 19.5 Å². The van der Waals surface area contributed by atoms with Crippen molar-refractivity contribution in [2.75, 3.05) is 25.0 Å². The number of hydrogen-bond acceptors (Lipinski definition) is 7. The largest absolute Gasteiger partial charge is 0.392 e. The van der Waals surface area contributed by atoms with Crippen molar-refractivity contribution < 1.29 is 24.2 Å². The minimum atomic E-state index is -0.719. The van der Waals surface area contributed by atoms with Crippen molar-refractivity contribution in [2.45, 2.75) is 38.4 Å². The minimum absolute atomic E-state index is 0.0212. The number of ether oxygens (including phenoxy) is 2. The van der Waals surface area contributed by atoms with Gasteiger partial charge in [-0.3, -0.25) is 14.6 Å². The van der Waals surface area contributed by atoms with E-state index in [0.717, 1.165) is 35.3 Å². The van der Waals surface area contributed by atoms with Crippen molar-refractivity contribution >= 4 is 17.5 Å². The number of carbonyl (C=O) groups is 2. The number of anilines is 1. The molecule has 2 amide bonds. The van der Waals surface area contributed by atoms with Crippen molar-refractivity contribution in [1.29, 1.82) is 0 Å². The van der Waals surface area contributed by atoms with Gasteiger partial charge in [0.15, 0.2) is 6.29 Å². The van der Waals surface area contributed by atoms with Crippen LogP contribution in [-0.4, -0.2) is 53.0 Å². The zero-order valence-corrected chi connectivity index (χ0v) is 24.3. The second-order valence-corrected chi connectivity index (χ2v) is 11.2. The van der Waals surface area contributed by atoms with Crippen molar-refractivity contribution in [2.24, 2.45) is 5.92 Å². The lowest BCUT2D eigenvalue weighted by molar-refractivity contribution is -0.275. The fraction of sp³-hybridized carbons (Fsp3) is 0.286. The van der Waals surface area contributed by atoms with Crippen molar-refractivity contribution in [3.8, 4) is 0 Å². The third kappa shape index (κ3) is 6.00. The molecule has 8 nitrogen and oxygen atoms in total. The van der Waals surface area contributed by atoms with E-state index in [1.807, 2.05) is 60.8 Å². The van der Waals surface area contributed by atoms with Crippen LogP contribution in [-0.2, 0) is 22.5 Å². The van der Waals surface area contributed by atoms with Crippen LogP contribution in [0.15, 0.2) is 97.2 Å². The van der Waals surface area contributed by atoms with Crippen LogP contribution in [0.25, 0.3) is 0 Å². The standard InChI is InChI=1S/C35H35N3O5/c1-23-31(21-37(2)19-17-27-9-5-6-18-36-27)42-35(43-32(23)25-15-13-24(22-39)14-16-25)26-8-7-10-28(20-26)38-33(40)29-11-3-4-12-30(29)34(38)41/h3-16,18,20,23,31-32,35,39H,17,19,21-22H2,1-2H3/t23-,31+,32+,35+/m1/s1. The molecular weight excluding hydrogens is 542 g/mol. The molecule has 0 bridgehead atoms. The normalized spacial score (nSPS) is 21.8. The van der Waals surface area contributed by atoms with Gasteiger partial charge in [0, 0.05) is 42.9 Å². The summed E-state index contributed by atoms with van der Waals surface area (Å²) in [6, 6.07) is 27.9. The number of nitrogens with zero attached hydrogens (tertiary/aromatic N) is 3. The van der Waals surface area contributed by atoms with E-state index in [9.17, 15) is 14.7 Å². The van der Waals surface area contributed by atoms with Gasteiger partial charge in [0.25, 0.3) is 11.8 Å². The van der Waals surface area contributed by atoms with Crippen LogP contribution in [0.2, 0.25) is 0 Å². The number of carbonyl (C=O) groups excluding carboxylic acids is 2. The molecule has 0 aliphatic carbocycles. The topological polar surface area (TPSA) is 92.2 Å². The second-order valence-electron chi connectivity index (χ2n) is 11.2. The second kappa shape index (κ2) is 12.6. The number of rotatable bonds is 9. The lowest BCUT2D eigenvalue weighted by Gasteiger charge is -2.42. The molecule has 3 aromatic carbocycles. The van der Waals surface area contributed by atoms with Crippen LogP contribution in [0.4, 0.5) is 5.69 Å². The maximum Gasteiger partial charge on any atom is 0.266 e. The highest BCUT2D eigenvalue weighted by atomic mass is 16.7. The number of benzene rings is 3. The molecule has 0 saturated carbocycles. The molecule has 220 valence electrons. The maximum absolute atomic E-state index is 13.2. The predicted molar refractivity (Wildman–Crippen MR) is 162 cm³/mol. The van der Waals surface area contributed by atoms with Crippen molar-refractivity contribution in [3.63, 3.8) is 0 Å². The molecule has 1 aromatic heterocycles. The fourth-order valence-corrected chi connectivity index (χ4v) is 5.81. The van der Waals surface area contributed by atoms with Gasteiger partial charge in [-0.05, 0) is 54.6 Å². The molecule has 3 heterocycles. The van der Waals surface area contributed by atoms with Gasteiger partial charge in [0.1, 0.15) is 0 Å². The molecule has 6 rings (SSSR count). The van der Waals surface area contributed by atoms with Crippen LogP contribution in [0.1, 0.15) is 62.4 Å². The fourth-order valence-electron chi connectivity index (χ4n) is 5.81. The number of amides is 2. The molecule has 1 N–H and O–H groups in total. The zero-order valence-electron chi connectivity index (χ0n) is 24.3. The molecule has 1 fully saturated rings. The summed E-state index contributed by atoms with van der Waals surface area (Å²) in [4.78, 5) is 34.3. The van der Waals surface area contributed by atoms with E-state index < -0.39 is 6.29 Å². The minimum Gasteiger partial charge on any atom is -0.392 e. The Morgan fingerprint density at radius 3 is 2.26 bits per heavy atom. The Bertz CT molecular complexity index is 1560. The first kappa shape index (κ1) is 28.9. The summed E-state index contributed by atoms with van der Waals surface area (Å²) in [6.45, 7) is 3.60. The van der Waals surface area contributed by atoms with Gasteiger partial charge >= 0.3 is 0 Å². The summed E-state index contributed by atoms with van der Waals surface area (Å²) in [6.07, 6.45) is 1.48. The Hall–Kier alpha value is -4.21. The smallest absolute Gasteiger partial charge is 0.266 e. The quantitative estimate of drug-likeness (QED) is 0.269. The number of likely N-dealkylation sites (N-methyl/N-ethyl adjacent to an activating group) is 1. The van der Waals surface area contributed by atoms with Gasteiger partial charge in [-0.25, -0.2) is 4.90 Å². The third-order valence-electron chi connectivity index (χ3n) is 8.29. The Balaban J connectivity index is 1.26. The Morgan fingerprint density at radius 1 is 0.860 bits per heavy atom. The molecule has 43 heavy (non-hydrogen) atoms. The van der Waals surface area contributed by atoms with Crippen LogP contribution < -0.4 is 4.90 Å². The monoisotopic (exact) mass is 577 g/mol. The van der Waals surface area contributed by atoms with E-state index in [2.05, 4.69) is 23.9 Å². The van der Waals surface area contributed by atoms with E-state index in [0.29, 0.717) is 23.4 Å². The highest BCUT2D eigenvalue weighted by Crippen LogP contribution is 2.42. The third-order valence-corrected chi connectivity index (χ3v) is 8.29. The molecule has 0 radical (unpaired) electrons. The summed E-state index contributed by atoms with van der Waals surface area (Å²) >= 11 is 0. The summed E-state index contributed by atoms with van der Waals surface area (Å²) in [7, 11) is 2.08. The van der Waals surface area contributed by atoms with Crippen molar-refractivity contribution in [3.05, 3.63) is 131 Å². The Morgan fingerprint density at radius 2 is 1.58 bits per heavy atom. The number of pyridine rings is 1. The molecule has 2 aliphatic heterocycles. The lowest BCUT2D eigenvalue weighted by atomic mass is 9.90. The first-order valence-electron chi connectivity index (χ1n) is 14.6. The van der Waals surface area contributed by atoms with E-state index >= 15 is 0 Å². The van der Waals surface area contributed by atoms with Gasteiger partial charge in [-0.15, -0.1) is 0 Å². The average molecular weight is 578 g/mol. The molecule has 1 saturated heterocycles. The summed E-state index contributed by atoms with van der Waals surface area (Å²) < 4.78 is 13.2. The number of hydrogen-bond donors (Lipinski definition) is 1. The van der Waals surface area contributed by atoms with Gasteiger partial charge in [-0.2, -0.15) is 0 Å². The van der Waals surface area contributed by atoms with E-state index in [4.69, 9.17) is 9.47 Å². The Labute approximate surface area is 251 Å². The first-order valence-corrected chi connectivity index (χ1v) is 14.6. The number of aliphatic hydroxyl groups excluding tert-OH is 1. The average Bonchev–Trinajstić information content (AvgIpc) is 3.31. The van der Waals surface area contributed by atoms with Gasteiger partial charge in [0.2, 0.25) is 0 Å². The van der Waals surface area contributed by atoms with Crippen molar-refractivity contribution in [1.82, 2.24) is 9.88 Å². The van der Waals surface area contributed by atoms with Gasteiger partial charge in [-0.1, -0.05) is 61.5 Å². The molecule has 8 heteroatoms. The van der Waals surface area contributed by atoms with E-state index in [-0.39, 0.29) is 36.5 Å². The number of aliphatic hydroxyl groups is 1. The summed E-state index contributed by atoms with van der Waals surface area (Å²) in [5.74, 6) is -0.662. The number of aromatic nitrogens is 1. The Kier molecular flexibility index (Phi) is 8.44. The van der Waals surface area contributed by atoms with Crippen LogP contribution in [0.3, 0.4) is 0 Å². The molecule has 4 atom stereocenters. The molecule has 4 aromatic rings. The van der Waals surface area contributed by atoms with Crippen LogP contribution in [0, 0.1) is 5.92 Å². The molecular formula is C35H35N3O5. The predicted octanol–water partition coefficient (Wildman–Crippen LogP) is 5.34. The molecule has 0 spiro atoms. The van der Waals surface area contributed by atoms with Crippen LogP contribution in [0.5, 0.6) is 0 Å². The van der Waals surface area contributed by atoms with Gasteiger partial charge in [0.05, 0.1) is 35.6 Å². The first-order chi connectivity index (χ1) is 20.9.